The van der Waals surface area contributed by atoms with E-state index >= 15 is 0 Å². The summed E-state index contributed by atoms with van der Waals surface area (Å²) in [6.45, 7) is 1.74. The molecule has 0 aromatic heterocycles. The van der Waals surface area contributed by atoms with E-state index in [1.54, 1.807) is 6.92 Å². The van der Waals surface area contributed by atoms with Crippen LogP contribution in [0, 0.1) is 0 Å². The van der Waals surface area contributed by atoms with Crippen LogP contribution in [0.3, 0.4) is 0 Å². The summed E-state index contributed by atoms with van der Waals surface area (Å²) in [4.78, 5) is 11.1. The average Bonchev–Trinajstić information content (AvgIpc) is 2.27. The molecule has 0 aliphatic carbocycles. The lowest BCUT2D eigenvalue weighted by Gasteiger charge is -2.17. The second-order valence-corrected chi connectivity index (χ2v) is 3.61. The number of fused-ring (bicyclic) bond motifs is 1. The van der Waals surface area contributed by atoms with Gasteiger partial charge in [-0.1, -0.05) is 11.2 Å². The zero-order valence-corrected chi connectivity index (χ0v) is 8.45. The van der Waals surface area contributed by atoms with E-state index in [4.69, 9.17) is 5.21 Å². The van der Waals surface area contributed by atoms with Crippen LogP contribution in [-0.4, -0.2) is 16.8 Å². The minimum atomic E-state index is 0.0581. The molecule has 1 aliphatic heterocycles. The quantitative estimate of drug-likeness (QED) is 0.416. The molecule has 0 bridgehead atoms. The van der Waals surface area contributed by atoms with Crippen LogP contribution >= 0.6 is 0 Å². The molecular formula is C11H12N2O2. The number of hydrogen-bond acceptors (Lipinski definition) is 3. The molecule has 1 aliphatic rings. The van der Waals surface area contributed by atoms with Crippen molar-refractivity contribution >= 4 is 17.3 Å². The average molecular weight is 204 g/mol. The largest absolute Gasteiger partial charge is 0.411 e. The number of aryl methyl sites for hydroxylation is 1. The summed E-state index contributed by atoms with van der Waals surface area (Å²) in [5, 5.41) is 14.6. The Kier molecular flexibility index (Phi) is 2.41. The molecule has 1 aromatic carbocycles. The van der Waals surface area contributed by atoms with Gasteiger partial charge in [0, 0.05) is 12.1 Å². The number of nitrogens with one attached hydrogen (secondary N) is 1. The zero-order valence-electron chi connectivity index (χ0n) is 8.45. The maximum Gasteiger partial charge on any atom is 0.224 e. The summed E-state index contributed by atoms with van der Waals surface area (Å²) in [5.74, 6) is 0.0581. The SMILES string of the molecule is C/C(=N/O)c1ccc2c(c1)CCC(=O)N2. The van der Waals surface area contributed by atoms with Crippen LogP contribution in [0.25, 0.3) is 0 Å². The predicted molar refractivity (Wildman–Crippen MR) is 57.4 cm³/mol. The van der Waals surface area contributed by atoms with Gasteiger partial charge in [-0.25, -0.2) is 0 Å². The molecule has 1 amide bonds. The van der Waals surface area contributed by atoms with E-state index in [0.29, 0.717) is 12.1 Å². The molecule has 2 N–H and O–H groups in total. The molecule has 4 nitrogen and oxygen atoms in total. The van der Waals surface area contributed by atoms with Gasteiger partial charge in [-0.2, -0.15) is 0 Å². The Bertz CT molecular complexity index is 438. The van der Waals surface area contributed by atoms with Crippen molar-refractivity contribution in [1.29, 1.82) is 0 Å². The maximum absolute atomic E-state index is 11.1. The number of amides is 1. The summed E-state index contributed by atoms with van der Waals surface area (Å²) < 4.78 is 0. The van der Waals surface area contributed by atoms with Gasteiger partial charge < -0.3 is 10.5 Å². The number of oxime groups is 1. The third-order valence-corrected chi connectivity index (χ3v) is 2.57. The fourth-order valence-corrected chi connectivity index (χ4v) is 1.67. The first kappa shape index (κ1) is 9.71. The fourth-order valence-electron chi connectivity index (χ4n) is 1.67. The Morgan fingerprint density at radius 2 is 2.27 bits per heavy atom. The van der Waals surface area contributed by atoms with E-state index in [-0.39, 0.29) is 5.91 Å². The molecule has 0 radical (unpaired) electrons. The van der Waals surface area contributed by atoms with Crippen molar-refractivity contribution in [1.82, 2.24) is 0 Å². The molecule has 0 saturated heterocycles. The minimum absolute atomic E-state index is 0.0581. The van der Waals surface area contributed by atoms with Gasteiger partial charge in [0.25, 0.3) is 0 Å². The van der Waals surface area contributed by atoms with Crippen LogP contribution in [0.4, 0.5) is 5.69 Å². The Morgan fingerprint density at radius 1 is 1.47 bits per heavy atom. The Hall–Kier alpha value is -1.84. The van der Waals surface area contributed by atoms with Gasteiger partial charge in [-0.05, 0) is 36.6 Å². The number of carbonyl (C=O) groups excluding carboxylic acids is 1. The third kappa shape index (κ3) is 1.83. The van der Waals surface area contributed by atoms with Gasteiger partial charge >= 0.3 is 0 Å². The lowest BCUT2D eigenvalue weighted by molar-refractivity contribution is -0.116. The molecule has 2 rings (SSSR count). The second kappa shape index (κ2) is 3.73. The van der Waals surface area contributed by atoms with Gasteiger partial charge in [0.15, 0.2) is 0 Å². The second-order valence-electron chi connectivity index (χ2n) is 3.61. The van der Waals surface area contributed by atoms with Crippen LogP contribution in [0.2, 0.25) is 0 Å². The van der Waals surface area contributed by atoms with Crippen molar-refractivity contribution in [3.05, 3.63) is 29.3 Å². The van der Waals surface area contributed by atoms with Gasteiger partial charge in [-0.15, -0.1) is 0 Å². The topological polar surface area (TPSA) is 61.7 Å². The molecule has 1 heterocycles. The summed E-state index contributed by atoms with van der Waals surface area (Å²) in [7, 11) is 0. The van der Waals surface area contributed by atoms with E-state index in [1.165, 1.54) is 0 Å². The van der Waals surface area contributed by atoms with Gasteiger partial charge in [0.05, 0.1) is 5.71 Å². The van der Waals surface area contributed by atoms with Crippen LogP contribution in [0.15, 0.2) is 23.4 Å². The summed E-state index contributed by atoms with van der Waals surface area (Å²) in [6.07, 6.45) is 1.26. The van der Waals surface area contributed by atoms with E-state index in [2.05, 4.69) is 10.5 Å². The van der Waals surface area contributed by atoms with E-state index in [9.17, 15) is 4.79 Å². The molecule has 78 valence electrons. The molecule has 4 heteroatoms. The highest BCUT2D eigenvalue weighted by Crippen LogP contribution is 2.23. The lowest BCUT2D eigenvalue weighted by atomic mass is 9.99. The molecule has 0 atom stereocenters. The van der Waals surface area contributed by atoms with Crippen LogP contribution in [0.1, 0.15) is 24.5 Å². The van der Waals surface area contributed by atoms with Crippen LogP contribution in [-0.2, 0) is 11.2 Å². The van der Waals surface area contributed by atoms with Gasteiger partial charge in [-0.3, -0.25) is 4.79 Å². The highest BCUT2D eigenvalue weighted by atomic mass is 16.4. The first-order valence-electron chi connectivity index (χ1n) is 4.82. The molecular weight excluding hydrogens is 192 g/mol. The van der Waals surface area contributed by atoms with Crippen molar-refractivity contribution in [3.8, 4) is 0 Å². The molecule has 0 fully saturated rings. The fraction of sp³-hybridized carbons (Fsp3) is 0.273. The number of anilines is 1. The third-order valence-electron chi connectivity index (χ3n) is 2.57. The van der Waals surface area contributed by atoms with Crippen LogP contribution < -0.4 is 5.32 Å². The first-order chi connectivity index (χ1) is 7.20. The van der Waals surface area contributed by atoms with Crippen molar-refractivity contribution < 1.29 is 10.0 Å². The standard InChI is InChI=1S/C11H12N2O2/c1-7(13-15)8-2-4-10-9(6-8)3-5-11(14)12-10/h2,4,6,15H,3,5H2,1H3,(H,12,14)/b13-7-. The number of rotatable bonds is 1. The molecule has 1 aromatic rings. The van der Waals surface area contributed by atoms with E-state index in [0.717, 1.165) is 23.2 Å². The highest BCUT2D eigenvalue weighted by Gasteiger charge is 2.15. The highest BCUT2D eigenvalue weighted by molar-refractivity contribution is 6.00. The summed E-state index contributed by atoms with van der Waals surface area (Å²) in [6, 6.07) is 5.62. The maximum atomic E-state index is 11.1. The van der Waals surface area contributed by atoms with Crippen LogP contribution in [0.5, 0.6) is 0 Å². The summed E-state index contributed by atoms with van der Waals surface area (Å²) >= 11 is 0. The molecule has 0 spiro atoms. The Morgan fingerprint density at radius 3 is 3.00 bits per heavy atom. The zero-order chi connectivity index (χ0) is 10.8. The number of carbonyl (C=O) groups is 1. The normalized spacial score (nSPS) is 15.8. The first-order valence-corrected chi connectivity index (χ1v) is 4.82. The lowest BCUT2D eigenvalue weighted by Crippen LogP contribution is -2.19. The van der Waals surface area contributed by atoms with E-state index in [1.807, 2.05) is 18.2 Å². The number of benzene rings is 1. The smallest absolute Gasteiger partial charge is 0.224 e. The van der Waals surface area contributed by atoms with Gasteiger partial charge in [0.1, 0.15) is 0 Å². The predicted octanol–water partition coefficient (Wildman–Crippen LogP) is 1.77. The van der Waals surface area contributed by atoms with Crippen molar-refractivity contribution in [2.45, 2.75) is 19.8 Å². The minimum Gasteiger partial charge on any atom is -0.411 e. The van der Waals surface area contributed by atoms with E-state index < -0.39 is 0 Å². The molecule has 0 saturated carbocycles. The Balaban J connectivity index is 2.39. The van der Waals surface area contributed by atoms with Crippen molar-refractivity contribution in [2.24, 2.45) is 5.16 Å². The van der Waals surface area contributed by atoms with Crippen molar-refractivity contribution in [3.63, 3.8) is 0 Å². The monoisotopic (exact) mass is 204 g/mol. The Labute approximate surface area is 87.6 Å². The van der Waals surface area contributed by atoms with Gasteiger partial charge in [0.2, 0.25) is 5.91 Å². The number of nitrogens with zero attached hydrogens (tertiary/aromatic N) is 1. The molecule has 0 unspecified atom stereocenters. The number of hydrogen-bond donors (Lipinski definition) is 2. The molecule has 15 heavy (non-hydrogen) atoms. The van der Waals surface area contributed by atoms with Crippen molar-refractivity contribution in [2.75, 3.05) is 5.32 Å². The summed E-state index contributed by atoms with van der Waals surface area (Å²) in [5.41, 5.74) is 3.41.